The minimum Gasteiger partial charge on any atom is -0.459 e. The van der Waals surface area contributed by atoms with Crippen molar-refractivity contribution in [2.75, 3.05) is 13.1 Å². The van der Waals surface area contributed by atoms with E-state index in [1.165, 1.54) is 6.42 Å². The molecule has 1 aliphatic rings. The molecule has 1 amide bonds. The van der Waals surface area contributed by atoms with Gasteiger partial charge in [-0.2, -0.15) is 0 Å². The van der Waals surface area contributed by atoms with Crippen LogP contribution < -0.4 is 10.6 Å². The van der Waals surface area contributed by atoms with Crippen molar-refractivity contribution in [1.29, 1.82) is 0 Å². The molecule has 2 atom stereocenters. The summed E-state index contributed by atoms with van der Waals surface area (Å²) in [6, 6.07) is 7.98. The molecule has 0 spiro atoms. The molecule has 2 heterocycles. The molecule has 2 unspecified atom stereocenters. The highest BCUT2D eigenvalue weighted by atomic mass is 35.5. The van der Waals surface area contributed by atoms with E-state index in [9.17, 15) is 4.79 Å². The number of nitrogens with one attached hydrogen (secondary N) is 2. The average molecular weight is 365 g/mol. The van der Waals surface area contributed by atoms with E-state index in [1.807, 2.05) is 18.2 Å². The number of halogens is 1. The molecule has 0 bridgehead atoms. The van der Waals surface area contributed by atoms with E-state index in [4.69, 9.17) is 4.42 Å². The molecular weight excluding hydrogens is 336 g/mol. The van der Waals surface area contributed by atoms with Crippen molar-refractivity contribution in [2.45, 2.75) is 46.1 Å². The summed E-state index contributed by atoms with van der Waals surface area (Å²) >= 11 is 0. The molecule has 1 aliphatic heterocycles. The van der Waals surface area contributed by atoms with Crippen LogP contribution in [0.3, 0.4) is 0 Å². The van der Waals surface area contributed by atoms with Crippen molar-refractivity contribution in [3.05, 3.63) is 35.6 Å². The Bertz CT molecular complexity index is 705. The zero-order valence-corrected chi connectivity index (χ0v) is 16.1. The van der Waals surface area contributed by atoms with Gasteiger partial charge in [-0.15, -0.1) is 12.4 Å². The van der Waals surface area contributed by atoms with Gasteiger partial charge in [0.2, 0.25) is 5.91 Å². The molecular formula is C20H29ClN2O2. The van der Waals surface area contributed by atoms with Crippen molar-refractivity contribution < 1.29 is 9.21 Å². The Balaban J connectivity index is 0.00000225. The van der Waals surface area contributed by atoms with Gasteiger partial charge < -0.3 is 15.1 Å². The maximum Gasteiger partial charge on any atom is 0.220 e. The smallest absolute Gasteiger partial charge is 0.220 e. The van der Waals surface area contributed by atoms with Crippen LogP contribution in [-0.2, 0) is 4.79 Å². The van der Waals surface area contributed by atoms with E-state index >= 15 is 0 Å². The fraction of sp³-hybridized carbons (Fsp3) is 0.550. The second-order valence-electron chi connectivity index (χ2n) is 7.27. The second kappa shape index (κ2) is 8.72. The highest BCUT2D eigenvalue weighted by Gasteiger charge is 2.25. The third-order valence-electron chi connectivity index (χ3n) is 5.09. The third-order valence-corrected chi connectivity index (χ3v) is 5.09. The first-order chi connectivity index (χ1) is 11.6. The van der Waals surface area contributed by atoms with Crippen molar-refractivity contribution in [2.24, 2.45) is 11.8 Å². The van der Waals surface area contributed by atoms with E-state index < -0.39 is 0 Å². The number of furan rings is 1. The largest absolute Gasteiger partial charge is 0.459 e. The molecule has 25 heavy (non-hydrogen) atoms. The summed E-state index contributed by atoms with van der Waals surface area (Å²) in [4.78, 5) is 12.4. The lowest BCUT2D eigenvalue weighted by Gasteiger charge is -2.21. The van der Waals surface area contributed by atoms with Gasteiger partial charge in [-0.05, 0) is 50.8 Å². The van der Waals surface area contributed by atoms with Gasteiger partial charge in [-0.3, -0.25) is 4.79 Å². The summed E-state index contributed by atoms with van der Waals surface area (Å²) in [7, 11) is 0. The molecule has 138 valence electrons. The fourth-order valence-electron chi connectivity index (χ4n) is 3.57. The quantitative estimate of drug-likeness (QED) is 0.800. The van der Waals surface area contributed by atoms with Crippen LogP contribution in [0.4, 0.5) is 0 Å². The third kappa shape index (κ3) is 4.56. The molecule has 0 aliphatic carbocycles. The fourth-order valence-corrected chi connectivity index (χ4v) is 3.57. The number of para-hydroxylation sites is 1. The van der Waals surface area contributed by atoms with Gasteiger partial charge in [0, 0.05) is 17.4 Å². The number of carbonyl (C=O) groups is 1. The summed E-state index contributed by atoms with van der Waals surface area (Å²) in [6.07, 6.45) is 2.74. The van der Waals surface area contributed by atoms with Crippen LogP contribution in [0, 0.1) is 18.8 Å². The maximum atomic E-state index is 12.4. The van der Waals surface area contributed by atoms with Gasteiger partial charge in [-0.25, -0.2) is 0 Å². The standard InChI is InChI=1S/C20H28N2O2.ClH/c1-13(2)19(22-18(23)9-8-15-10-11-21-12-15)20-14(3)16-6-4-5-7-17(16)24-20;/h4-7,13,15,19,21H,8-12H2,1-3H3,(H,22,23);1H. The molecule has 0 radical (unpaired) electrons. The van der Waals surface area contributed by atoms with Crippen LogP contribution in [0.1, 0.15) is 50.5 Å². The van der Waals surface area contributed by atoms with E-state index in [1.54, 1.807) is 0 Å². The van der Waals surface area contributed by atoms with Gasteiger partial charge in [-0.1, -0.05) is 32.0 Å². The van der Waals surface area contributed by atoms with Gasteiger partial charge in [0.15, 0.2) is 0 Å². The van der Waals surface area contributed by atoms with Crippen LogP contribution >= 0.6 is 12.4 Å². The molecule has 2 aromatic rings. The van der Waals surface area contributed by atoms with E-state index in [0.29, 0.717) is 12.3 Å². The Morgan fingerprint density at radius 1 is 1.36 bits per heavy atom. The monoisotopic (exact) mass is 364 g/mol. The number of carbonyl (C=O) groups excluding carboxylic acids is 1. The Kier molecular flexibility index (Phi) is 6.91. The number of fused-ring (bicyclic) bond motifs is 1. The number of aryl methyl sites for hydroxylation is 1. The molecule has 0 saturated carbocycles. The predicted octanol–water partition coefficient (Wildman–Crippen LogP) is 4.37. The van der Waals surface area contributed by atoms with Crippen LogP contribution in [0.2, 0.25) is 0 Å². The Morgan fingerprint density at radius 2 is 2.12 bits per heavy atom. The molecule has 5 heteroatoms. The molecule has 2 N–H and O–H groups in total. The highest BCUT2D eigenvalue weighted by molar-refractivity contribution is 5.85. The maximum absolute atomic E-state index is 12.4. The van der Waals surface area contributed by atoms with Gasteiger partial charge in [0.05, 0.1) is 6.04 Å². The first kappa shape index (κ1) is 19.8. The molecule has 3 rings (SSSR count). The summed E-state index contributed by atoms with van der Waals surface area (Å²) in [6.45, 7) is 8.45. The minimum atomic E-state index is -0.0772. The first-order valence-electron chi connectivity index (χ1n) is 9.04. The topological polar surface area (TPSA) is 54.3 Å². The van der Waals surface area contributed by atoms with Gasteiger partial charge in [0.1, 0.15) is 11.3 Å². The number of amides is 1. The lowest BCUT2D eigenvalue weighted by molar-refractivity contribution is -0.122. The summed E-state index contributed by atoms with van der Waals surface area (Å²) in [5.41, 5.74) is 2.02. The summed E-state index contributed by atoms with van der Waals surface area (Å²) in [5.74, 6) is 1.94. The lowest BCUT2D eigenvalue weighted by atomic mass is 9.97. The normalized spacial score (nSPS) is 18.3. The van der Waals surface area contributed by atoms with Crippen LogP contribution in [0.15, 0.2) is 28.7 Å². The van der Waals surface area contributed by atoms with Crippen molar-refractivity contribution in [3.63, 3.8) is 0 Å². The first-order valence-corrected chi connectivity index (χ1v) is 9.04. The lowest BCUT2D eigenvalue weighted by Crippen LogP contribution is -2.32. The van der Waals surface area contributed by atoms with Crippen LogP contribution in [-0.4, -0.2) is 19.0 Å². The molecule has 1 aromatic carbocycles. The number of hydrogen-bond donors (Lipinski definition) is 2. The number of rotatable bonds is 6. The minimum absolute atomic E-state index is 0. The number of benzene rings is 1. The van der Waals surface area contributed by atoms with E-state index in [-0.39, 0.29) is 30.3 Å². The summed E-state index contributed by atoms with van der Waals surface area (Å²) < 4.78 is 6.08. The Labute approximate surface area is 156 Å². The summed E-state index contributed by atoms with van der Waals surface area (Å²) in [5, 5.41) is 7.69. The highest BCUT2D eigenvalue weighted by Crippen LogP contribution is 2.32. The van der Waals surface area contributed by atoms with Crippen LogP contribution in [0.25, 0.3) is 11.0 Å². The van der Waals surface area contributed by atoms with Crippen LogP contribution in [0.5, 0.6) is 0 Å². The zero-order chi connectivity index (χ0) is 17.1. The second-order valence-corrected chi connectivity index (χ2v) is 7.27. The number of hydrogen-bond acceptors (Lipinski definition) is 3. The Morgan fingerprint density at radius 3 is 2.76 bits per heavy atom. The van der Waals surface area contributed by atoms with Crippen molar-refractivity contribution in [3.8, 4) is 0 Å². The molecule has 4 nitrogen and oxygen atoms in total. The van der Waals surface area contributed by atoms with Crippen molar-refractivity contribution >= 4 is 29.3 Å². The molecule has 1 aromatic heterocycles. The average Bonchev–Trinajstić information content (AvgIpc) is 3.19. The van der Waals surface area contributed by atoms with Crippen molar-refractivity contribution in [1.82, 2.24) is 10.6 Å². The van der Waals surface area contributed by atoms with E-state index in [0.717, 1.165) is 41.8 Å². The van der Waals surface area contributed by atoms with E-state index in [2.05, 4.69) is 37.5 Å². The predicted molar refractivity (Wildman–Crippen MR) is 104 cm³/mol. The SMILES string of the molecule is Cc1c(C(NC(=O)CCC2CCNC2)C(C)C)oc2ccccc12.Cl. The van der Waals surface area contributed by atoms with Gasteiger partial charge in [0.25, 0.3) is 0 Å². The molecule has 1 fully saturated rings. The van der Waals surface area contributed by atoms with Gasteiger partial charge >= 0.3 is 0 Å². The zero-order valence-electron chi connectivity index (χ0n) is 15.3. The Hall–Kier alpha value is -1.52. The molecule has 1 saturated heterocycles.